The summed E-state index contributed by atoms with van der Waals surface area (Å²) in [5, 5.41) is 3.17. The first-order chi connectivity index (χ1) is 8.67. The van der Waals surface area contributed by atoms with Gasteiger partial charge in [-0.2, -0.15) is 0 Å². The number of hydrogen-bond donors (Lipinski definition) is 2. The van der Waals surface area contributed by atoms with Crippen molar-refractivity contribution in [1.29, 1.82) is 0 Å². The number of hydrogen-bond acceptors (Lipinski definition) is 2. The van der Waals surface area contributed by atoms with Crippen LogP contribution >= 0.6 is 12.4 Å². The van der Waals surface area contributed by atoms with Gasteiger partial charge in [0.05, 0.1) is 5.54 Å². The number of carbonyl (C=O) groups excluding carboxylic acids is 1. The largest absolute Gasteiger partial charge is 0.351 e. The van der Waals surface area contributed by atoms with E-state index in [4.69, 9.17) is 5.73 Å². The van der Waals surface area contributed by atoms with Gasteiger partial charge in [0.25, 0.3) is 0 Å². The lowest BCUT2D eigenvalue weighted by molar-refractivity contribution is -0.124. The van der Waals surface area contributed by atoms with Crippen LogP contribution in [0, 0.1) is 5.92 Å². The standard InChI is InChI=1S/C15H20N2O.ClH/c16-15(8-9-15)14(18)17-13(12-6-7-12)10-11-4-2-1-3-5-11;/h1-5,12-13H,6-10,16H2,(H,17,18);1H. The number of nitrogens with one attached hydrogen (secondary N) is 1. The van der Waals surface area contributed by atoms with Gasteiger partial charge in [-0.1, -0.05) is 30.3 Å². The number of carbonyl (C=O) groups is 1. The summed E-state index contributed by atoms with van der Waals surface area (Å²) < 4.78 is 0. The SMILES string of the molecule is Cl.NC1(C(=O)NC(Cc2ccccc2)C2CC2)CC1. The third kappa shape index (κ3) is 3.48. The first-order valence-corrected chi connectivity index (χ1v) is 6.81. The van der Waals surface area contributed by atoms with Crippen LogP contribution in [0.3, 0.4) is 0 Å². The Hall–Kier alpha value is -1.06. The Balaban J connectivity index is 0.00000133. The summed E-state index contributed by atoms with van der Waals surface area (Å²) in [4.78, 5) is 12.0. The van der Waals surface area contributed by atoms with Gasteiger partial charge in [0.1, 0.15) is 0 Å². The van der Waals surface area contributed by atoms with E-state index >= 15 is 0 Å². The van der Waals surface area contributed by atoms with Crippen molar-refractivity contribution < 1.29 is 4.79 Å². The molecule has 1 amide bonds. The molecule has 1 aromatic carbocycles. The zero-order valence-electron chi connectivity index (χ0n) is 11.0. The van der Waals surface area contributed by atoms with Gasteiger partial charge in [-0.05, 0) is 43.6 Å². The molecule has 3 rings (SSSR count). The average molecular weight is 281 g/mol. The summed E-state index contributed by atoms with van der Waals surface area (Å²) in [6.45, 7) is 0. The Labute approximate surface area is 120 Å². The molecule has 0 aliphatic heterocycles. The minimum Gasteiger partial charge on any atom is -0.351 e. The van der Waals surface area contributed by atoms with Crippen molar-refractivity contribution in [3.05, 3.63) is 35.9 Å². The molecule has 19 heavy (non-hydrogen) atoms. The Morgan fingerprint density at radius 1 is 1.32 bits per heavy atom. The maximum Gasteiger partial charge on any atom is 0.240 e. The molecule has 2 fully saturated rings. The zero-order valence-corrected chi connectivity index (χ0v) is 11.8. The van der Waals surface area contributed by atoms with Gasteiger partial charge < -0.3 is 11.1 Å². The minimum atomic E-state index is -0.552. The molecule has 0 spiro atoms. The van der Waals surface area contributed by atoms with Crippen molar-refractivity contribution in [2.24, 2.45) is 11.7 Å². The summed E-state index contributed by atoms with van der Waals surface area (Å²) in [5.74, 6) is 0.701. The van der Waals surface area contributed by atoms with Crippen LogP contribution in [-0.4, -0.2) is 17.5 Å². The van der Waals surface area contributed by atoms with Gasteiger partial charge in [0, 0.05) is 6.04 Å². The van der Waals surface area contributed by atoms with Crippen molar-refractivity contribution in [2.45, 2.75) is 43.7 Å². The molecule has 0 saturated heterocycles. The topological polar surface area (TPSA) is 55.1 Å². The minimum absolute atomic E-state index is 0. The Morgan fingerprint density at radius 2 is 1.95 bits per heavy atom. The lowest BCUT2D eigenvalue weighted by Crippen LogP contribution is -2.48. The number of benzene rings is 1. The summed E-state index contributed by atoms with van der Waals surface area (Å²) >= 11 is 0. The van der Waals surface area contributed by atoms with Crippen LogP contribution in [0.1, 0.15) is 31.2 Å². The lowest BCUT2D eigenvalue weighted by Gasteiger charge is -2.20. The molecule has 1 unspecified atom stereocenters. The number of nitrogens with two attached hydrogens (primary N) is 1. The van der Waals surface area contributed by atoms with Crippen LogP contribution in [0.4, 0.5) is 0 Å². The fraction of sp³-hybridized carbons (Fsp3) is 0.533. The molecule has 2 saturated carbocycles. The molecular formula is C15H21ClN2O. The highest BCUT2D eigenvalue weighted by Gasteiger charge is 2.47. The second kappa shape index (κ2) is 5.51. The van der Waals surface area contributed by atoms with E-state index in [1.807, 2.05) is 18.2 Å². The molecule has 0 heterocycles. The third-order valence-corrected chi connectivity index (χ3v) is 4.05. The van der Waals surface area contributed by atoms with Gasteiger partial charge in [0.15, 0.2) is 0 Å². The predicted molar refractivity (Wildman–Crippen MR) is 78.2 cm³/mol. The summed E-state index contributed by atoms with van der Waals surface area (Å²) in [6.07, 6.45) is 5.06. The molecule has 2 aliphatic carbocycles. The molecule has 0 radical (unpaired) electrons. The Kier molecular flexibility index (Phi) is 4.16. The first kappa shape index (κ1) is 14.4. The normalized spacial score (nSPS) is 21.1. The van der Waals surface area contributed by atoms with Gasteiger partial charge in [-0.25, -0.2) is 0 Å². The second-order valence-corrected chi connectivity index (χ2v) is 5.76. The lowest BCUT2D eigenvalue weighted by atomic mass is 10.0. The summed E-state index contributed by atoms with van der Waals surface area (Å²) in [5.41, 5.74) is 6.68. The quantitative estimate of drug-likeness (QED) is 0.867. The van der Waals surface area contributed by atoms with E-state index in [2.05, 4.69) is 17.4 Å². The fourth-order valence-electron chi connectivity index (χ4n) is 2.38. The van der Waals surface area contributed by atoms with E-state index in [0.29, 0.717) is 5.92 Å². The van der Waals surface area contributed by atoms with Crippen LogP contribution in [0.15, 0.2) is 30.3 Å². The van der Waals surface area contributed by atoms with Crippen LogP contribution < -0.4 is 11.1 Å². The maximum absolute atomic E-state index is 12.0. The van der Waals surface area contributed by atoms with Gasteiger partial charge in [0.2, 0.25) is 5.91 Å². The van der Waals surface area contributed by atoms with Crippen LogP contribution in [0.25, 0.3) is 0 Å². The Bertz CT molecular complexity index is 441. The summed E-state index contributed by atoms with van der Waals surface area (Å²) in [7, 11) is 0. The molecule has 0 aromatic heterocycles. The first-order valence-electron chi connectivity index (χ1n) is 6.81. The van der Waals surface area contributed by atoms with E-state index < -0.39 is 5.54 Å². The molecule has 2 aliphatic rings. The maximum atomic E-state index is 12.0. The fourth-order valence-corrected chi connectivity index (χ4v) is 2.38. The molecule has 0 bridgehead atoms. The van der Waals surface area contributed by atoms with Crippen LogP contribution in [0.5, 0.6) is 0 Å². The van der Waals surface area contributed by atoms with Crippen molar-refractivity contribution in [3.8, 4) is 0 Å². The second-order valence-electron chi connectivity index (χ2n) is 5.76. The number of halogens is 1. The van der Waals surface area contributed by atoms with Gasteiger partial charge in [-0.3, -0.25) is 4.79 Å². The highest BCUT2D eigenvalue weighted by atomic mass is 35.5. The van der Waals surface area contributed by atoms with E-state index in [0.717, 1.165) is 19.3 Å². The number of rotatable bonds is 5. The van der Waals surface area contributed by atoms with Crippen LogP contribution in [-0.2, 0) is 11.2 Å². The molecule has 104 valence electrons. The van der Waals surface area contributed by atoms with Gasteiger partial charge in [-0.15, -0.1) is 12.4 Å². The van der Waals surface area contributed by atoms with E-state index in [9.17, 15) is 4.79 Å². The predicted octanol–water partition coefficient (Wildman–Crippen LogP) is 2.04. The molecule has 3 nitrogen and oxygen atoms in total. The summed E-state index contributed by atoms with van der Waals surface area (Å²) in [6, 6.07) is 10.6. The third-order valence-electron chi connectivity index (χ3n) is 4.05. The van der Waals surface area contributed by atoms with Gasteiger partial charge >= 0.3 is 0 Å². The molecule has 4 heteroatoms. The molecule has 3 N–H and O–H groups in total. The highest BCUT2D eigenvalue weighted by Crippen LogP contribution is 2.36. The monoisotopic (exact) mass is 280 g/mol. The number of amides is 1. The van der Waals surface area contributed by atoms with E-state index in [1.54, 1.807) is 0 Å². The molecular weight excluding hydrogens is 260 g/mol. The van der Waals surface area contributed by atoms with Crippen LogP contribution in [0.2, 0.25) is 0 Å². The van der Waals surface area contributed by atoms with Crippen molar-refractivity contribution in [2.75, 3.05) is 0 Å². The molecule has 1 aromatic rings. The Morgan fingerprint density at radius 3 is 2.47 bits per heavy atom. The van der Waals surface area contributed by atoms with Crippen molar-refractivity contribution >= 4 is 18.3 Å². The smallest absolute Gasteiger partial charge is 0.240 e. The molecule has 1 atom stereocenters. The average Bonchev–Trinajstić information content (AvgIpc) is 3.24. The van der Waals surface area contributed by atoms with E-state index in [-0.39, 0.29) is 24.4 Å². The van der Waals surface area contributed by atoms with Crippen molar-refractivity contribution in [1.82, 2.24) is 5.32 Å². The highest BCUT2D eigenvalue weighted by molar-refractivity contribution is 5.89. The zero-order chi connectivity index (χ0) is 12.6. The van der Waals surface area contributed by atoms with Crippen molar-refractivity contribution in [3.63, 3.8) is 0 Å². The van der Waals surface area contributed by atoms with E-state index in [1.165, 1.54) is 18.4 Å².